The molecule has 0 unspecified atom stereocenters. The molecular formula is C11H17N3O4S2. The minimum absolute atomic E-state index is 0.0115. The van der Waals surface area contributed by atoms with Gasteiger partial charge in [-0.15, -0.1) is 11.3 Å². The number of hydrogen-bond acceptors (Lipinski definition) is 6. The van der Waals surface area contributed by atoms with Gasteiger partial charge in [-0.2, -0.15) is 12.7 Å². The molecule has 2 heterocycles. The number of carbonyl (C=O) groups is 1. The summed E-state index contributed by atoms with van der Waals surface area (Å²) in [7, 11) is -3.63. The molecule has 1 aromatic heterocycles. The second kappa shape index (κ2) is 6.51. The van der Waals surface area contributed by atoms with E-state index >= 15 is 0 Å². The Morgan fingerprint density at radius 1 is 1.45 bits per heavy atom. The lowest BCUT2D eigenvalue weighted by atomic mass is 10.2. The molecule has 0 saturated carbocycles. The molecule has 0 aliphatic carbocycles. The van der Waals surface area contributed by atoms with Crippen molar-refractivity contribution < 1.29 is 17.9 Å². The van der Waals surface area contributed by atoms with Crippen LogP contribution in [-0.4, -0.2) is 43.4 Å². The van der Waals surface area contributed by atoms with Gasteiger partial charge in [0.1, 0.15) is 5.00 Å². The fourth-order valence-corrected chi connectivity index (χ4v) is 4.17. The molecule has 0 bridgehead atoms. The van der Waals surface area contributed by atoms with E-state index in [0.29, 0.717) is 13.1 Å². The highest BCUT2D eigenvalue weighted by Gasteiger charge is 2.27. The van der Waals surface area contributed by atoms with Gasteiger partial charge in [0.2, 0.25) is 0 Å². The van der Waals surface area contributed by atoms with Crippen LogP contribution in [0.15, 0.2) is 5.51 Å². The molecule has 1 fully saturated rings. The Kier molecular flexibility index (Phi) is 4.95. The maximum absolute atomic E-state index is 12.2. The number of esters is 1. The normalized spacial score (nSPS) is 16.9. The monoisotopic (exact) mass is 319 g/mol. The minimum atomic E-state index is -3.63. The summed E-state index contributed by atoms with van der Waals surface area (Å²) in [4.78, 5) is 15.5. The standard InChI is InChI=1S/C11H17N3O4S2/c1-2-18-11(15)9-10(19-8-12-9)13-20(16,17)14-6-4-3-5-7-14/h8,13H,2-7H2,1H3. The first-order valence-electron chi connectivity index (χ1n) is 6.43. The van der Waals surface area contributed by atoms with Crippen molar-refractivity contribution >= 4 is 32.5 Å². The molecule has 1 aliphatic heterocycles. The Bertz CT molecular complexity index is 564. The second-order valence-corrected chi connectivity index (χ2v) is 6.84. The van der Waals surface area contributed by atoms with Crippen LogP contribution in [0.3, 0.4) is 0 Å². The highest BCUT2D eigenvalue weighted by atomic mass is 32.2. The topological polar surface area (TPSA) is 88.6 Å². The first kappa shape index (κ1) is 15.2. The number of nitrogens with one attached hydrogen (secondary N) is 1. The number of anilines is 1. The van der Waals surface area contributed by atoms with Crippen LogP contribution in [0.1, 0.15) is 36.7 Å². The van der Waals surface area contributed by atoms with E-state index in [2.05, 4.69) is 9.71 Å². The van der Waals surface area contributed by atoms with Crippen LogP contribution in [0, 0.1) is 0 Å². The van der Waals surface area contributed by atoms with Crippen LogP contribution in [0.2, 0.25) is 0 Å². The molecule has 2 rings (SSSR count). The van der Waals surface area contributed by atoms with E-state index in [9.17, 15) is 13.2 Å². The predicted molar refractivity (Wildman–Crippen MR) is 76.0 cm³/mol. The van der Waals surface area contributed by atoms with Gasteiger partial charge in [-0.3, -0.25) is 4.72 Å². The lowest BCUT2D eigenvalue weighted by Gasteiger charge is -2.25. The molecule has 0 spiro atoms. The van der Waals surface area contributed by atoms with E-state index in [4.69, 9.17) is 4.74 Å². The van der Waals surface area contributed by atoms with E-state index in [0.717, 1.165) is 30.6 Å². The number of hydrogen-bond donors (Lipinski definition) is 1. The van der Waals surface area contributed by atoms with Gasteiger partial charge in [0.15, 0.2) is 5.69 Å². The van der Waals surface area contributed by atoms with Crippen molar-refractivity contribution in [2.75, 3.05) is 24.4 Å². The highest BCUT2D eigenvalue weighted by Crippen LogP contribution is 2.24. The van der Waals surface area contributed by atoms with Gasteiger partial charge in [0.25, 0.3) is 0 Å². The summed E-state index contributed by atoms with van der Waals surface area (Å²) in [5.74, 6) is -0.620. The molecule has 0 atom stereocenters. The Balaban J connectivity index is 2.13. The molecule has 7 nitrogen and oxygen atoms in total. The Morgan fingerprint density at radius 2 is 2.15 bits per heavy atom. The maximum atomic E-state index is 12.2. The predicted octanol–water partition coefficient (Wildman–Crippen LogP) is 1.46. The number of piperidine rings is 1. The number of thiazole rings is 1. The second-order valence-electron chi connectivity index (χ2n) is 4.32. The summed E-state index contributed by atoms with van der Waals surface area (Å²) < 4.78 is 33.1. The molecule has 1 saturated heterocycles. The third kappa shape index (κ3) is 3.47. The fraction of sp³-hybridized carbons (Fsp3) is 0.636. The minimum Gasteiger partial charge on any atom is -0.461 e. The first-order chi connectivity index (χ1) is 9.54. The third-order valence-electron chi connectivity index (χ3n) is 2.91. The van der Waals surface area contributed by atoms with Crippen molar-refractivity contribution in [1.29, 1.82) is 0 Å². The molecule has 1 N–H and O–H groups in total. The van der Waals surface area contributed by atoms with Crippen molar-refractivity contribution in [3.05, 3.63) is 11.2 Å². The van der Waals surface area contributed by atoms with Gasteiger partial charge < -0.3 is 4.74 Å². The average molecular weight is 319 g/mol. The van der Waals surface area contributed by atoms with Crippen LogP contribution in [0.5, 0.6) is 0 Å². The molecule has 112 valence electrons. The van der Waals surface area contributed by atoms with Gasteiger partial charge >= 0.3 is 16.2 Å². The lowest BCUT2D eigenvalue weighted by molar-refractivity contribution is 0.0521. The molecular weight excluding hydrogens is 302 g/mol. The van der Waals surface area contributed by atoms with Crippen molar-refractivity contribution in [2.45, 2.75) is 26.2 Å². The summed E-state index contributed by atoms with van der Waals surface area (Å²) in [5.41, 5.74) is 1.43. The zero-order chi connectivity index (χ0) is 14.6. The molecule has 0 amide bonds. The van der Waals surface area contributed by atoms with Crippen LogP contribution in [0.25, 0.3) is 0 Å². The number of ether oxygens (including phenoxy) is 1. The van der Waals surface area contributed by atoms with Crippen molar-refractivity contribution in [3.8, 4) is 0 Å². The third-order valence-corrected chi connectivity index (χ3v) is 5.29. The number of nitrogens with zero attached hydrogens (tertiary/aromatic N) is 2. The summed E-state index contributed by atoms with van der Waals surface area (Å²) in [6, 6.07) is 0. The Morgan fingerprint density at radius 3 is 2.80 bits per heavy atom. The molecule has 0 radical (unpaired) electrons. The summed E-state index contributed by atoms with van der Waals surface area (Å²) in [5, 5.41) is 0.203. The van der Waals surface area contributed by atoms with Crippen LogP contribution < -0.4 is 4.72 Å². The van der Waals surface area contributed by atoms with E-state index in [1.165, 1.54) is 9.82 Å². The van der Waals surface area contributed by atoms with E-state index in [1.807, 2.05) is 0 Å². The quantitative estimate of drug-likeness (QED) is 0.830. The van der Waals surface area contributed by atoms with Crippen molar-refractivity contribution in [1.82, 2.24) is 9.29 Å². The van der Waals surface area contributed by atoms with Gasteiger partial charge in [-0.25, -0.2) is 9.78 Å². The molecule has 0 aromatic carbocycles. The summed E-state index contributed by atoms with van der Waals surface area (Å²) >= 11 is 1.07. The van der Waals surface area contributed by atoms with E-state index in [1.54, 1.807) is 6.92 Å². The SMILES string of the molecule is CCOC(=O)c1ncsc1NS(=O)(=O)N1CCCCC1. The Hall–Kier alpha value is -1.19. The molecule has 1 aliphatic rings. The first-order valence-corrected chi connectivity index (χ1v) is 8.75. The van der Waals surface area contributed by atoms with Crippen LogP contribution >= 0.6 is 11.3 Å². The lowest BCUT2D eigenvalue weighted by Crippen LogP contribution is -2.39. The maximum Gasteiger partial charge on any atom is 0.360 e. The van der Waals surface area contributed by atoms with Crippen molar-refractivity contribution in [3.63, 3.8) is 0 Å². The number of aromatic nitrogens is 1. The van der Waals surface area contributed by atoms with E-state index in [-0.39, 0.29) is 17.3 Å². The van der Waals surface area contributed by atoms with Crippen LogP contribution in [0.4, 0.5) is 5.00 Å². The summed E-state index contributed by atoms with van der Waals surface area (Å²) in [6.07, 6.45) is 2.75. The zero-order valence-electron chi connectivity index (χ0n) is 11.2. The highest BCUT2D eigenvalue weighted by molar-refractivity contribution is 7.90. The van der Waals surface area contributed by atoms with Gasteiger partial charge in [0, 0.05) is 13.1 Å². The van der Waals surface area contributed by atoms with Gasteiger partial charge in [-0.1, -0.05) is 6.42 Å². The zero-order valence-corrected chi connectivity index (χ0v) is 12.8. The smallest absolute Gasteiger partial charge is 0.360 e. The summed E-state index contributed by atoms with van der Waals surface area (Å²) in [6.45, 7) is 2.91. The number of carbonyl (C=O) groups excluding carboxylic acids is 1. The van der Waals surface area contributed by atoms with Crippen LogP contribution in [-0.2, 0) is 14.9 Å². The van der Waals surface area contributed by atoms with E-state index < -0.39 is 16.2 Å². The molecule has 1 aromatic rings. The largest absolute Gasteiger partial charge is 0.461 e. The van der Waals surface area contributed by atoms with Crippen molar-refractivity contribution in [2.24, 2.45) is 0 Å². The average Bonchev–Trinajstić information content (AvgIpc) is 2.87. The van der Waals surface area contributed by atoms with Gasteiger partial charge in [0.05, 0.1) is 12.1 Å². The molecule has 20 heavy (non-hydrogen) atoms. The molecule has 9 heteroatoms. The van der Waals surface area contributed by atoms with Gasteiger partial charge in [-0.05, 0) is 19.8 Å². The Labute approximate surface area is 122 Å². The number of rotatable bonds is 5. The fourth-order valence-electron chi connectivity index (χ4n) is 1.95.